The maximum atomic E-state index is 12.6. The molecule has 6 heteroatoms. The molecule has 3 rings (SSSR count). The van der Waals surface area contributed by atoms with Crippen molar-refractivity contribution in [3.8, 4) is 0 Å². The smallest absolute Gasteiger partial charge is 0.234 e. The highest BCUT2D eigenvalue weighted by Gasteiger charge is 2.38. The normalized spacial score (nSPS) is 20.6. The van der Waals surface area contributed by atoms with Crippen molar-refractivity contribution in [1.82, 2.24) is 15.1 Å². The molecular weight excluding hydrogens is 362 g/mol. The molecule has 1 N–H and O–H groups in total. The van der Waals surface area contributed by atoms with Crippen LogP contribution in [0.15, 0.2) is 24.3 Å². The van der Waals surface area contributed by atoms with Crippen LogP contribution in [0.1, 0.15) is 37.7 Å². The van der Waals surface area contributed by atoms with Crippen molar-refractivity contribution in [3.63, 3.8) is 0 Å². The second kappa shape index (κ2) is 9.87. The first kappa shape index (κ1) is 20.6. The minimum Gasteiger partial charge on any atom is -0.379 e. The number of hydrogen-bond acceptors (Lipinski definition) is 4. The highest BCUT2D eigenvalue weighted by molar-refractivity contribution is 6.30. The second-order valence-electron chi connectivity index (χ2n) is 7.96. The van der Waals surface area contributed by atoms with Crippen LogP contribution in [0.5, 0.6) is 0 Å². The van der Waals surface area contributed by atoms with Gasteiger partial charge in [-0.05, 0) is 37.6 Å². The van der Waals surface area contributed by atoms with Crippen molar-refractivity contribution >= 4 is 17.5 Å². The highest BCUT2D eigenvalue weighted by atomic mass is 35.5. The fraction of sp³-hybridized carbons (Fsp3) is 0.667. The monoisotopic (exact) mass is 393 g/mol. The molecule has 1 amide bonds. The van der Waals surface area contributed by atoms with Gasteiger partial charge in [-0.25, -0.2) is 0 Å². The van der Waals surface area contributed by atoms with Gasteiger partial charge in [0.05, 0.1) is 19.8 Å². The summed E-state index contributed by atoms with van der Waals surface area (Å²) < 4.78 is 5.53. The van der Waals surface area contributed by atoms with Gasteiger partial charge in [-0.15, -0.1) is 0 Å². The predicted molar refractivity (Wildman–Crippen MR) is 109 cm³/mol. The van der Waals surface area contributed by atoms with Crippen LogP contribution in [0.25, 0.3) is 0 Å². The van der Waals surface area contributed by atoms with Crippen LogP contribution in [0.3, 0.4) is 0 Å². The molecule has 0 bridgehead atoms. The maximum absolute atomic E-state index is 12.6. The molecule has 0 radical (unpaired) electrons. The Bertz CT molecular complexity index is 613. The topological polar surface area (TPSA) is 44.8 Å². The van der Waals surface area contributed by atoms with Crippen molar-refractivity contribution in [2.45, 2.75) is 44.2 Å². The van der Waals surface area contributed by atoms with Crippen LogP contribution in [0, 0.1) is 0 Å². The third kappa shape index (κ3) is 5.92. The number of nitrogens with zero attached hydrogens (tertiary/aromatic N) is 2. The number of carbonyl (C=O) groups is 1. The summed E-state index contributed by atoms with van der Waals surface area (Å²) in [7, 11) is 1.97. The Labute approximate surface area is 168 Å². The van der Waals surface area contributed by atoms with Gasteiger partial charge in [0.2, 0.25) is 5.91 Å². The largest absolute Gasteiger partial charge is 0.379 e. The van der Waals surface area contributed by atoms with E-state index in [0.29, 0.717) is 13.1 Å². The van der Waals surface area contributed by atoms with Crippen molar-refractivity contribution in [1.29, 1.82) is 0 Å². The summed E-state index contributed by atoms with van der Waals surface area (Å²) in [4.78, 5) is 17.1. The average molecular weight is 394 g/mol. The number of amides is 1. The van der Waals surface area contributed by atoms with E-state index in [4.69, 9.17) is 16.3 Å². The number of ether oxygens (including phenoxy) is 1. The zero-order chi connectivity index (χ0) is 19.1. The Balaban J connectivity index is 1.51. The number of halogens is 1. The Hall–Kier alpha value is -1.14. The molecule has 27 heavy (non-hydrogen) atoms. The van der Waals surface area contributed by atoms with E-state index in [1.165, 1.54) is 32.1 Å². The molecule has 1 aromatic rings. The SMILES string of the molecule is CN(CC(=O)NCC1(N2CCOCC2)CCCCC1)Cc1cccc(Cl)c1. The number of hydrogen-bond donors (Lipinski definition) is 1. The van der Waals surface area contributed by atoms with E-state index >= 15 is 0 Å². The lowest BCUT2D eigenvalue weighted by Gasteiger charge is -2.48. The van der Waals surface area contributed by atoms with Gasteiger partial charge in [0.25, 0.3) is 0 Å². The Kier molecular flexibility index (Phi) is 7.53. The minimum atomic E-state index is 0.0951. The Morgan fingerprint density at radius 2 is 2.00 bits per heavy atom. The molecule has 0 unspecified atom stereocenters. The van der Waals surface area contributed by atoms with Crippen LogP contribution < -0.4 is 5.32 Å². The number of carbonyl (C=O) groups excluding carboxylic acids is 1. The summed E-state index contributed by atoms with van der Waals surface area (Å²) in [6.07, 6.45) is 6.16. The van der Waals surface area contributed by atoms with Crippen LogP contribution in [-0.2, 0) is 16.1 Å². The highest BCUT2D eigenvalue weighted by Crippen LogP contribution is 2.33. The lowest BCUT2D eigenvalue weighted by Crippen LogP contribution is -2.60. The molecule has 1 heterocycles. The van der Waals surface area contributed by atoms with E-state index in [2.05, 4.69) is 10.2 Å². The van der Waals surface area contributed by atoms with E-state index in [1.807, 2.05) is 36.2 Å². The number of benzene rings is 1. The average Bonchev–Trinajstić information content (AvgIpc) is 2.68. The molecular formula is C21H32ClN3O2. The lowest BCUT2D eigenvalue weighted by molar-refractivity contribution is -0.123. The molecule has 1 saturated carbocycles. The fourth-order valence-electron chi connectivity index (χ4n) is 4.42. The summed E-state index contributed by atoms with van der Waals surface area (Å²) in [6.45, 7) is 5.41. The van der Waals surface area contributed by atoms with Crippen LogP contribution in [0.4, 0.5) is 0 Å². The second-order valence-corrected chi connectivity index (χ2v) is 8.40. The van der Waals surface area contributed by atoms with Gasteiger partial charge in [-0.2, -0.15) is 0 Å². The van der Waals surface area contributed by atoms with Crippen LogP contribution >= 0.6 is 11.6 Å². The maximum Gasteiger partial charge on any atom is 0.234 e. The molecule has 1 aliphatic heterocycles. The van der Waals surface area contributed by atoms with Crippen LogP contribution in [-0.4, -0.2) is 67.7 Å². The first-order valence-electron chi connectivity index (χ1n) is 10.1. The molecule has 1 saturated heterocycles. The number of likely N-dealkylation sites (N-methyl/N-ethyl adjacent to an activating group) is 1. The Morgan fingerprint density at radius 1 is 1.26 bits per heavy atom. The summed E-state index contributed by atoms with van der Waals surface area (Å²) in [5.41, 5.74) is 1.23. The Morgan fingerprint density at radius 3 is 2.70 bits per heavy atom. The first-order chi connectivity index (χ1) is 13.1. The zero-order valence-corrected chi connectivity index (χ0v) is 17.1. The third-order valence-electron chi connectivity index (χ3n) is 5.84. The summed E-state index contributed by atoms with van der Waals surface area (Å²) in [5, 5.41) is 3.96. The summed E-state index contributed by atoms with van der Waals surface area (Å²) >= 11 is 6.05. The van der Waals surface area contributed by atoms with Gasteiger partial charge in [0, 0.05) is 36.7 Å². The standard InChI is InChI=1S/C21H32ClN3O2/c1-24(15-18-6-5-7-19(22)14-18)16-20(26)23-17-21(8-3-2-4-9-21)25-10-12-27-13-11-25/h5-7,14H,2-4,8-13,15-17H2,1H3,(H,23,26). The molecule has 2 fully saturated rings. The van der Waals surface area contributed by atoms with Gasteiger partial charge in [-0.3, -0.25) is 14.6 Å². The van der Waals surface area contributed by atoms with Gasteiger partial charge in [0.1, 0.15) is 0 Å². The van der Waals surface area contributed by atoms with Gasteiger partial charge in [0.15, 0.2) is 0 Å². The molecule has 0 atom stereocenters. The predicted octanol–water partition coefficient (Wildman–Crippen LogP) is 2.92. The fourth-order valence-corrected chi connectivity index (χ4v) is 4.63. The summed E-state index contributed by atoms with van der Waals surface area (Å²) in [5.74, 6) is 0.0951. The molecule has 2 aliphatic rings. The van der Waals surface area contributed by atoms with Crippen molar-refractivity contribution in [2.75, 3.05) is 46.4 Å². The van der Waals surface area contributed by atoms with Crippen molar-refractivity contribution < 1.29 is 9.53 Å². The van der Waals surface area contributed by atoms with Crippen LogP contribution in [0.2, 0.25) is 5.02 Å². The third-order valence-corrected chi connectivity index (χ3v) is 6.07. The molecule has 150 valence electrons. The molecule has 0 spiro atoms. The van der Waals surface area contributed by atoms with E-state index in [1.54, 1.807) is 0 Å². The quantitative estimate of drug-likeness (QED) is 0.773. The zero-order valence-electron chi connectivity index (χ0n) is 16.4. The summed E-state index contributed by atoms with van der Waals surface area (Å²) in [6, 6.07) is 7.80. The van der Waals surface area contributed by atoms with Crippen molar-refractivity contribution in [2.24, 2.45) is 0 Å². The molecule has 1 aliphatic carbocycles. The molecule has 1 aromatic carbocycles. The molecule has 0 aromatic heterocycles. The minimum absolute atomic E-state index is 0.0951. The first-order valence-corrected chi connectivity index (χ1v) is 10.5. The van der Waals surface area contributed by atoms with E-state index in [0.717, 1.165) is 43.4 Å². The van der Waals surface area contributed by atoms with E-state index in [9.17, 15) is 4.79 Å². The van der Waals surface area contributed by atoms with E-state index in [-0.39, 0.29) is 11.4 Å². The van der Waals surface area contributed by atoms with Gasteiger partial charge in [-0.1, -0.05) is 43.0 Å². The van der Waals surface area contributed by atoms with Gasteiger partial charge < -0.3 is 10.1 Å². The van der Waals surface area contributed by atoms with E-state index < -0.39 is 0 Å². The number of nitrogens with one attached hydrogen (secondary N) is 1. The number of rotatable bonds is 7. The lowest BCUT2D eigenvalue weighted by atomic mass is 9.79. The molecule has 5 nitrogen and oxygen atoms in total. The van der Waals surface area contributed by atoms with Crippen molar-refractivity contribution in [3.05, 3.63) is 34.9 Å². The number of morpholine rings is 1. The van der Waals surface area contributed by atoms with Gasteiger partial charge >= 0.3 is 0 Å².